The summed E-state index contributed by atoms with van der Waals surface area (Å²) in [6, 6.07) is 15.6. The second kappa shape index (κ2) is 5.80. The lowest BCUT2D eigenvalue weighted by Gasteiger charge is -2.11. The third-order valence-electron chi connectivity index (χ3n) is 3.20. The van der Waals surface area contributed by atoms with E-state index in [0.29, 0.717) is 5.02 Å². The topological polar surface area (TPSA) is 24.9 Å². The molecule has 0 saturated carbocycles. The summed E-state index contributed by atoms with van der Waals surface area (Å²) >= 11 is 10.3. The third kappa shape index (κ3) is 3.04. The maximum Gasteiger partial charge on any atom is 0.0708 e. The summed E-state index contributed by atoms with van der Waals surface area (Å²) in [5.74, 6) is 0. The average Bonchev–Trinajstić information content (AvgIpc) is 2.50. The number of anilines is 1. The minimum absolute atomic E-state index is 0.629. The first kappa shape index (κ1) is 14.0. The molecule has 0 fully saturated rings. The molecular weight excluding hydrogens is 300 g/mol. The quantitative estimate of drug-likeness (QED) is 0.645. The maximum absolute atomic E-state index is 5.96. The van der Waals surface area contributed by atoms with Crippen molar-refractivity contribution in [1.29, 1.82) is 0 Å². The van der Waals surface area contributed by atoms with Gasteiger partial charge in [-0.05, 0) is 35.9 Å². The van der Waals surface area contributed by atoms with E-state index < -0.39 is 0 Å². The standard InChI is InChI=1S/C17H13ClN2S/c1-11(20-14-6-7-15(18)17(21)10-14)13-5-4-12-3-2-8-19-16(12)9-13/h2-10,20-21H,1H2. The van der Waals surface area contributed by atoms with Gasteiger partial charge in [0.1, 0.15) is 0 Å². The van der Waals surface area contributed by atoms with Crippen LogP contribution >= 0.6 is 24.2 Å². The molecule has 0 amide bonds. The predicted molar refractivity (Wildman–Crippen MR) is 93.1 cm³/mol. The highest BCUT2D eigenvalue weighted by atomic mass is 35.5. The molecule has 0 saturated heterocycles. The monoisotopic (exact) mass is 312 g/mol. The molecule has 0 bridgehead atoms. The summed E-state index contributed by atoms with van der Waals surface area (Å²) in [6.45, 7) is 4.08. The summed E-state index contributed by atoms with van der Waals surface area (Å²) in [5.41, 5.74) is 3.65. The van der Waals surface area contributed by atoms with Crippen LogP contribution in [0.5, 0.6) is 0 Å². The number of aromatic nitrogens is 1. The Morgan fingerprint density at radius 2 is 2.00 bits per heavy atom. The van der Waals surface area contributed by atoms with Gasteiger partial charge in [-0.1, -0.05) is 36.4 Å². The Bertz CT molecular complexity index is 830. The highest BCUT2D eigenvalue weighted by Crippen LogP contribution is 2.26. The van der Waals surface area contributed by atoms with E-state index in [1.807, 2.05) is 42.5 Å². The van der Waals surface area contributed by atoms with Gasteiger partial charge in [0.15, 0.2) is 0 Å². The number of halogens is 1. The van der Waals surface area contributed by atoms with E-state index in [1.165, 1.54) is 0 Å². The molecule has 0 aliphatic heterocycles. The van der Waals surface area contributed by atoms with Gasteiger partial charge in [0.2, 0.25) is 0 Å². The second-order valence-corrected chi connectivity index (χ2v) is 5.57. The van der Waals surface area contributed by atoms with E-state index in [4.69, 9.17) is 11.6 Å². The normalized spacial score (nSPS) is 10.6. The Kier molecular flexibility index (Phi) is 3.86. The highest BCUT2D eigenvalue weighted by Gasteiger charge is 2.03. The van der Waals surface area contributed by atoms with Crippen LogP contribution in [0.15, 0.2) is 66.2 Å². The molecule has 104 valence electrons. The minimum Gasteiger partial charge on any atom is -0.355 e. The van der Waals surface area contributed by atoms with Crippen LogP contribution in [0.3, 0.4) is 0 Å². The van der Waals surface area contributed by atoms with Crippen LogP contribution in [0.4, 0.5) is 5.69 Å². The molecule has 0 unspecified atom stereocenters. The average molecular weight is 313 g/mol. The summed E-state index contributed by atoms with van der Waals surface area (Å²) < 4.78 is 0. The number of benzene rings is 2. The number of pyridine rings is 1. The zero-order chi connectivity index (χ0) is 14.8. The molecule has 0 aliphatic rings. The van der Waals surface area contributed by atoms with Crippen molar-refractivity contribution in [2.75, 3.05) is 5.32 Å². The molecule has 2 nitrogen and oxygen atoms in total. The number of thiol groups is 1. The van der Waals surface area contributed by atoms with Crippen LogP contribution in [0.1, 0.15) is 5.56 Å². The summed E-state index contributed by atoms with van der Waals surface area (Å²) in [4.78, 5) is 5.09. The zero-order valence-electron chi connectivity index (χ0n) is 11.2. The first-order valence-electron chi connectivity index (χ1n) is 6.43. The van der Waals surface area contributed by atoms with Gasteiger partial charge in [0.05, 0.1) is 10.5 Å². The lowest BCUT2D eigenvalue weighted by molar-refractivity contribution is 1.40. The van der Waals surface area contributed by atoms with Crippen molar-refractivity contribution in [2.45, 2.75) is 4.90 Å². The summed E-state index contributed by atoms with van der Waals surface area (Å²) in [7, 11) is 0. The Morgan fingerprint density at radius 3 is 2.81 bits per heavy atom. The Hall–Kier alpha value is -1.97. The van der Waals surface area contributed by atoms with Crippen LogP contribution < -0.4 is 5.32 Å². The molecule has 3 rings (SSSR count). The predicted octanol–water partition coefficient (Wildman–Crippen LogP) is 5.26. The van der Waals surface area contributed by atoms with Crippen molar-refractivity contribution >= 4 is 46.5 Å². The van der Waals surface area contributed by atoms with Crippen LogP contribution in [-0.2, 0) is 0 Å². The van der Waals surface area contributed by atoms with Gasteiger partial charge in [0, 0.05) is 27.9 Å². The Labute approximate surface area is 133 Å². The molecule has 1 N–H and O–H groups in total. The van der Waals surface area contributed by atoms with Crippen LogP contribution in [0.2, 0.25) is 5.02 Å². The summed E-state index contributed by atoms with van der Waals surface area (Å²) in [5, 5.41) is 5.00. The lowest BCUT2D eigenvalue weighted by Crippen LogP contribution is -1.97. The second-order valence-electron chi connectivity index (χ2n) is 4.68. The first-order valence-corrected chi connectivity index (χ1v) is 7.25. The largest absolute Gasteiger partial charge is 0.355 e. The van der Waals surface area contributed by atoms with E-state index in [-0.39, 0.29) is 0 Å². The van der Waals surface area contributed by atoms with Crippen molar-refractivity contribution in [1.82, 2.24) is 4.98 Å². The van der Waals surface area contributed by atoms with E-state index in [9.17, 15) is 0 Å². The van der Waals surface area contributed by atoms with E-state index in [1.54, 1.807) is 12.3 Å². The first-order chi connectivity index (χ1) is 10.1. The highest BCUT2D eigenvalue weighted by molar-refractivity contribution is 7.80. The fourth-order valence-corrected chi connectivity index (χ4v) is 2.42. The van der Waals surface area contributed by atoms with Gasteiger partial charge in [-0.2, -0.15) is 0 Å². The molecule has 4 heteroatoms. The molecular formula is C17H13ClN2S. The van der Waals surface area contributed by atoms with Crippen molar-refractivity contribution < 1.29 is 0 Å². The third-order valence-corrected chi connectivity index (χ3v) is 4.03. The number of nitrogens with zero attached hydrogens (tertiary/aromatic N) is 1. The zero-order valence-corrected chi connectivity index (χ0v) is 12.8. The van der Waals surface area contributed by atoms with Gasteiger partial charge in [0.25, 0.3) is 0 Å². The van der Waals surface area contributed by atoms with Crippen LogP contribution in [0.25, 0.3) is 16.6 Å². The summed E-state index contributed by atoms with van der Waals surface area (Å²) in [6.07, 6.45) is 1.79. The fraction of sp³-hybridized carbons (Fsp3) is 0. The number of hydrogen-bond acceptors (Lipinski definition) is 3. The van der Waals surface area contributed by atoms with Crippen molar-refractivity contribution in [3.8, 4) is 0 Å². The number of nitrogens with one attached hydrogen (secondary N) is 1. The van der Waals surface area contributed by atoms with Gasteiger partial charge in [-0.3, -0.25) is 4.98 Å². The van der Waals surface area contributed by atoms with E-state index in [2.05, 4.69) is 29.5 Å². The smallest absolute Gasteiger partial charge is 0.0708 e. The molecule has 0 radical (unpaired) electrons. The van der Waals surface area contributed by atoms with E-state index in [0.717, 1.165) is 32.7 Å². The Balaban J connectivity index is 1.87. The van der Waals surface area contributed by atoms with E-state index >= 15 is 0 Å². The fourth-order valence-electron chi connectivity index (χ4n) is 2.09. The van der Waals surface area contributed by atoms with Gasteiger partial charge >= 0.3 is 0 Å². The van der Waals surface area contributed by atoms with Crippen molar-refractivity contribution in [3.63, 3.8) is 0 Å². The molecule has 2 aromatic carbocycles. The van der Waals surface area contributed by atoms with Crippen LogP contribution in [-0.4, -0.2) is 4.98 Å². The van der Waals surface area contributed by atoms with Crippen molar-refractivity contribution in [2.24, 2.45) is 0 Å². The number of fused-ring (bicyclic) bond motifs is 1. The van der Waals surface area contributed by atoms with Crippen molar-refractivity contribution in [3.05, 3.63) is 71.9 Å². The SMILES string of the molecule is C=C(Nc1ccc(Cl)c(S)c1)c1ccc2cccnc2c1. The van der Waals surface area contributed by atoms with Gasteiger partial charge in [-0.15, -0.1) is 12.6 Å². The minimum atomic E-state index is 0.629. The molecule has 1 aromatic heterocycles. The molecule has 3 aromatic rings. The molecule has 1 heterocycles. The number of rotatable bonds is 3. The molecule has 0 aliphatic carbocycles. The Morgan fingerprint density at radius 1 is 1.14 bits per heavy atom. The maximum atomic E-state index is 5.96. The van der Waals surface area contributed by atoms with Gasteiger partial charge in [-0.25, -0.2) is 0 Å². The van der Waals surface area contributed by atoms with Crippen LogP contribution in [0, 0.1) is 0 Å². The molecule has 0 atom stereocenters. The molecule has 21 heavy (non-hydrogen) atoms. The lowest BCUT2D eigenvalue weighted by atomic mass is 10.1. The molecule has 0 spiro atoms. The number of hydrogen-bond donors (Lipinski definition) is 2. The van der Waals surface area contributed by atoms with Gasteiger partial charge < -0.3 is 5.32 Å².